The number of fused-ring (bicyclic) bond motifs is 1. The normalized spacial score (nSPS) is 12.6. The van der Waals surface area contributed by atoms with E-state index in [1.807, 2.05) is 22.7 Å². The number of hydrogen-bond acceptors (Lipinski definition) is 4. The molecule has 0 aliphatic rings. The zero-order valence-electron chi connectivity index (χ0n) is 67.3. The molecule has 0 aliphatic heterocycles. The molecule has 2 unspecified atom stereocenters. The molecule has 0 N–H and O–H groups in total. The molecule has 0 spiro atoms. The second-order valence-corrected chi connectivity index (χ2v) is 40.9. The zero-order chi connectivity index (χ0) is 72.5. The Morgan fingerprint density at radius 2 is 0.637 bits per heavy atom. The van der Waals surface area contributed by atoms with Crippen LogP contribution in [0.4, 0.5) is 0 Å². The summed E-state index contributed by atoms with van der Waals surface area (Å²) in [5, 5.41) is 0. The van der Waals surface area contributed by atoms with Crippen LogP contribution in [0.25, 0.3) is 49.9 Å². The first-order valence-corrected chi connectivity index (χ1v) is 50.3. The van der Waals surface area contributed by atoms with Crippen molar-refractivity contribution in [3.05, 3.63) is 98.6 Å². The molecule has 0 amide bonds. The van der Waals surface area contributed by atoms with Crippen molar-refractivity contribution in [2.45, 2.75) is 428 Å². The van der Waals surface area contributed by atoms with E-state index in [0.29, 0.717) is 13.1 Å². The van der Waals surface area contributed by atoms with Gasteiger partial charge in [-0.15, -0.1) is 0 Å². The van der Waals surface area contributed by atoms with Gasteiger partial charge in [-0.1, -0.05) is 221 Å². The maximum atomic E-state index is 15.9. The van der Waals surface area contributed by atoms with Crippen LogP contribution in [0.2, 0.25) is 0 Å². The minimum absolute atomic E-state index is 0.163. The minimum atomic E-state index is -0.914. The van der Waals surface area contributed by atoms with Gasteiger partial charge in [0.15, 0.2) is 0 Å². The van der Waals surface area contributed by atoms with Crippen LogP contribution in [0, 0.1) is 25.7 Å². The molecule has 4 nitrogen and oxygen atoms in total. The van der Waals surface area contributed by atoms with Crippen molar-refractivity contribution in [1.29, 1.82) is 0 Å². The molecular formula is C94H152N2O2S2Te2. The van der Waals surface area contributed by atoms with Crippen LogP contribution in [0.15, 0.2) is 58.1 Å². The molecule has 6 aromatic heterocycles. The summed E-state index contributed by atoms with van der Waals surface area (Å²) in [6.45, 7) is 19.9. The van der Waals surface area contributed by atoms with Gasteiger partial charge in [0.2, 0.25) is 0 Å². The van der Waals surface area contributed by atoms with Gasteiger partial charge in [0.25, 0.3) is 0 Å². The Morgan fingerprint density at radius 1 is 0.333 bits per heavy atom. The molecule has 8 heteroatoms. The van der Waals surface area contributed by atoms with Gasteiger partial charge in [0.1, 0.15) is 0 Å². The average Bonchev–Trinajstić information content (AvgIpc) is 1.18. The third kappa shape index (κ3) is 34.6. The van der Waals surface area contributed by atoms with Crippen molar-refractivity contribution < 1.29 is 0 Å². The molecular weight excluding hydrogens is 1510 g/mol. The fraction of sp³-hybridized carbons (Fsp3) is 0.723. The maximum absolute atomic E-state index is 15.9. The molecule has 102 heavy (non-hydrogen) atoms. The molecule has 0 aromatic carbocycles. The number of nitrogens with zero attached hydrogens (tertiary/aromatic N) is 2. The second kappa shape index (κ2) is 56.1. The first-order chi connectivity index (χ1) is 50.1. The predicted octanol–water partition coefficient (Wildman–Crippen LogP) is 30.7. The van der Waals surface area contributed by atoms with Crippen molar-refractivity contribution in [3.8, 4) is 26.7 Å². The van der Waals surface area contributed by atoms with Gasteiger partial charge in [-0.25, -0.2) is 0 Å². The van der Waals surface area contributed by atoms with Gasteiger partial charge in [0.05, 0.1) is 0 Å². The Morgan fingerprint density at radius 3 is 1.00 bits per heavy atom. The molecule has 6 rings (SSSR count). The third-order valence-electron chi connectivity index (χ3n) is 22.6. The summed E-state index contributed by atoms with van der Waals surface area (Å²) < 4.78 is 9.76. The molecule has 6 heterocycles. The van der Waals surface area contributed by atoms with E-state index in [1.54, 1.807) is 0 Å². The van der Waals surface area contributed by atoms with E-state index in [2.05, 4.69) is 125 Å². The summed E-state index contributed by atoms with van der Waals surface area (Å²) >= 11 is 2.37. The number of rotatable bonds is 65. The first kappa shape index (κ1) is 88.7. The Hall–Kier alpha value is -2.16. The van der Waals surface area contributed by atoms with E-state index in [-0.39, 0.29) is 11.1 Å². The van der Waals surface area contributed by atoms with Crippen LogP contribution >= 0.6 is 22.7 Å². The molecule has 0 saturated carbocycles. The summed E-state index contributed by atoms with van der Waals surface area (Å²) in [5.41, 5.74) is 7.03. The minimum Gasteiger partial charge on any atom is -0.0654 e. The van der Waals surface area contributed by atoms with E-state index in [4.69, 9.17) is 0 Å². The van der Waals surface area contributed by atoms with Gasteiger partial charge in [0, 0.05) is 0 Å². The first-order valence-electron chi connectivity index (χ1n) is 44.0. The number of thiophene rings is 2. The van der Waals surface area contributed by atoms with Crippen LogP contribution in [-0.4, -0.2) is 50.0 Å². The van der Waals surface area contributed by atoms with Gasteiger partial charge in [-0.3, -0.25) is 0 Å². The molecule has 0 saturated heterocycles. The van der Waals surface area contributed by atoms with E-state index < -0.39 is 40.9 Å². The predicted molar refractivity (Wildman–Crippen MR) is 461 cm³/mol. The van der Waals surface area contributed by atoms with Crippen molar-refractivity contribution in [3.63, 3.8) is 0 Å². The monoisotopic (exact) mass is 1660 g/mol. The van der Waals surface area contributed by atoms with Crippen LogP contribution in [-0.2, 0) is 25.9 Å². The average molecular weight is 1660 g/mol. The number of hydrogen-bond donors (Lipinski definition) is 0. The van der Waals surface area contributed by atoms with Crippen molar-refractivity contribution in [1.82, 2.24) is 9.13 Å². The van der Waals surface area contributed by atoms with Gasteiger partial charge in [-0.05, 0) is 0 Å². The van der Waals surface area contributed by atoms with Crippen LogP contribution < -0.4 is 11.1 Å². The summed E-state index contributed by atoms with van der Waals surface area (Å²) in [5.74, 6) is 1.53. The molecule has 0 aliphatic carbocycles. The van der Waals surface area contributed by atoms with Crippen molar-refractivity contribution in [2.75, 3.05) is 0 Å². The van der Waals surface area contributed by atoms with E-state index in [0.717, 1.165) is 66.1 Å². The van der Waals surface area contributed by atoms with Gasteiger partial charge in [-0.2, -0.15) is 0 Å². The summed E-state index contributed by atoms with van der Waals surface area (Å²) in [6.07, 6.45) is 79.5. The zero-order valence-corrected chi connectivity index (χ0v) is 73.6. The number of unbranched alkanes of at least 4 members (excludes halogenated alkanes) is 40. The SMILES string of the molecule is CCCCCCCCCCCCC(CCCCCCCCCC)CCCCn1c(=O)c(-c2ccc(C)[te]2)cc2c1cc(-c1ccc(-c3cc(CCCCCC)c(/C=C/c4sc(C)cc4CCCCCC)s3)[te]1)c(=O)n2CCCCC(CCCCCCCCCC)CCCCCCCCCCCC. The molecule has 0 fully saturated rings. The molecule has 0 bridgehead atoms. The quantitative estimate of drug-likeness (QED) is 0.0282. The second-order valence-electron chi connectivity index (χ2n) is 31.8. The number of aryl methyl sites for hydroxylation is 6. The smallest absolute Gasteiger partial charge is 0.0654 e. The van der Waals surface area contributed by atoms with E-state index in [9.17, 15) is 0 Å². The van der Waals surface area contributed by atoms with Crippen LogP contribution in [0.3, 0.4) is 0 Å². The number of aromatic nitrogens is 2. The summed E-state index contributed by atoms with van der Waals surface area (Å²) in [7, 11) is 0. The van der Waals surface area contributed by atoms with Gasteiger partial charge < -0.3 is 0 Å². The summed E-state index contributed by atoms with van der Waals surface area (Å²) in [6, 6.07) is 18.7. The van der Waals surface area contributed by atoms with E-state index >= 15 is 9.59 Å². The van der Waals surface area contributed by atoms with Crippen LogP contribution in [0.5, 0.6) is 0 Å². The summed E-state index contributed by atoms with van der Waals surface area (Å²) in [4.78, 5) is 37.2. The van der Waals surface area contributed by atoms with Crippen molar-refractivity contribution >= 4 is 86.7 Å². The Kier molecular flexibility index (Phi) is 48.8. The van der Waals surface area contributed by atoms with Crippen molar-refractivity contribution in [2.24, 2.45) is 11.8 Å². The molecule has 2 atom stereocenters. The number of pyridine rings is 2. The molecule has 6 aromatic rings. The van der Waals surface area contributed by atoms with Gasteiger partial charge >= 0.3 is 440 Å². The topological polar surface area (TPSA) is 44.0 Å². The fourth-order valence-corrected chi connectivity index (χ4v) is 24.0. The molecule has 574 valence electrons. The van der Waals surface area contributed by atoms with E-state index in [1.165, 1.54) is 372 Å². The standard InChI is InChI=1S/C94H152N2O2S2Te2/c1-9-15-21-27-31-35-37-41-45-49-59-79(57-47-43-39-33-29-23-17-11-3)61-53-55-71-95-86-76-84(91-69-70-92(102-91)89-74-82(64-52-26-20-14-6)88(100-89)67-66-87-81(73-77(7)99-87)63-51-25-19-13-5)94(98)96(85(86)75-83(93(95)97)90-68-65-78(8)101-90)72-56-54-62-80(58-48-44-40-34-30-24-18-12-4)60-50-46-42-38-36-32-28-22-16-10-2/h65-70,73-76,79-80H,9-64,71-72H2,1-8H3/b67-66+. The Balaban J connectivity index is 1.32. The van der Waals surface area contributed by atoms with Crippen LogP contribution in [0.1, 0.15) is 418 Å². The fourth-order valence-electron chi connectivity index (χ4n) is 16.2. The third-order valence-corrected chi connectivity index (χ3v) is 31.5. The Bertz CT molecular complexity index is 3230. The molecule has 0 radical (unpaired) electrons. The Labute approximate surface area is 655 Å².